The Bertz CT molecular complexity index is 1160. The molecule has 2 N–H and O–H groups in total. The van der Waals surface area contributed by atoms with Gasteiger partial charge < -0.3 is 24.6 Å². The number of esters is 1. The van der Waals surface area contributed by atoms with E-state index in [4.69, 9.17) is 14.9 Å². The van der Waals surface area contributed by atoms with E-state index < -0.39 is 11.9 Å². The third-order valence-electron chi connectivity index (χ3n) is 6.25. The van der Waals surface area contributed by atoms with Crippen LogP contribution in [0.1, 0.15) is 39.5 Å². The third-order valence-corrected chi connectivity index (χ3v) is 6.25. The summed E-state index contributed by atoms with van der Waals surface area (Å²) >= 11 is 0. The van der Waals surface area contributed by atoms with Gasteiger partial charge in [0.2, 0.25) is 5.91 Å². The molecule has 1 saturated heterocycles. The number of carbonyl (C=O) groups is 3. The molecule has 0 aromatic heterocycles. The standard InChI is InChI=1S/C28H34N4O5/c1-5-21(13-10-19(3)31-17-8-7-9-24(31)33)32-18-16-23(25(29)28(35)37-6-2)26(27(32)34)30-20-11-14-22(36-4)15-12-20/h5,10-15,29-30H,1,6-9,16-18H2,2-4H3/b19-10+,21-13+,29-25?. The first kappa shape index (κ1) is 27.4. The first-order valence-electron chi connectivity index (χ1n) is 12.3. The summed E-state index contributed by atoms with van der Waals surface area (Å²) in [5.74, 6) is -0.435. The molecule has 0 saturated carbocycles. The van der Waals surface area contributed by atoms with E-state index in [1.807, 2.05) is 13.0 Å². The Morgan fingerprint density at radius 3 is 2.46 bits per heavy atom. The van der Waals surface area contributed by atoms with Crippen molar-refractivity contribution < 1.29 is 23.9 Å². The Hall–Kier alpha value is -4.14. The lowest BCUT2D eigenvalue weighted by Crippen LogP contribution is -2.41. The molecule has 9 heteroatoms. The van der Waals surface area contributed by atoms with Crippen LogP contribution in [-0.4, -0.2) is 60.1 Å². The van der Waals surface area contributed by atoms with E-state index in [9.17, 15) is 14.4 Å². The number of allylic oxidation sites excluding steroid dienone is 4. The highest BCUT2D eigenvalue weighted by atomic mass is 16.5. The number of carbonyl (C=O) groups excluding carboxylic acids is 3. The fraction of sp³-hybridized carbons (Fsp3) is 0.357. The fourth-order valence-corrected chi connectivity index (χ4v) is 4.23. The molecule has 9 nitrogen and oxygen atoms in total. The molecule has 0 radical (unpaired) electrons. The Morgan fingerprint density at radius 1 is 1.11 bits per heavy atom. The maximum atomic E-state index is 13.7. The minimum atomic E-state index is -0.781. The number of amides is 2. The van der Waals surface area contributed by atoms with Gasteiger partial charge >= 0.3 is 5.97 Å². The topological polar surface area (TPSA) is 112 Å². The van der Waals surface area contributed by atoms with Gasteiger partial charge in [0.05, 0.1) is 13.7 Å². The molecular formula is C28H34N4O5. The maximum Gasteiger partial charge on any atom is 0.356 e. The zero-order chi connectivity index (χ0) is 26.9. The van der Waals surface area contributed by atoms with Gasteiger partial charge in [0.15, 0.2) is 0 Å². The molecule has 0 atom stereocenters. The van der Waals surface area contributed by atoms with Crippen molar-refractivity contribution in [3.05, 3.63) is 71.7 Å². The second-order valence-corrected chi connectivity index (χ2v) is 8.62. The van der Waals surface area contributed by atoms with Gasteiger partial charge in [-0.05, 0) is 75.6 Å². The van der Waals surface area contributed by atoms with Crippen LogP contribution in [0.4, 0.5) is 5.69 Å². The second-order valence-electron chi connectivity index (χ2n) is 8.62. The van der Waals surface area contributed by atoms with Crippen LogP contribution in [0.5, 0.6) is 5.75 Å². The number of nitrogens with one attached hydrogen (secondary N) is 2. The maximum absolute atomic E-state index is 13.7. The highest BCUT2D eigenvalue weighted by molar-refractivity contribution is 6.43. The lowest BCUT2D eigenvalue weighted by Gasteiger charge is -2.31. The molecule has 1 fully saturated rings. The summed E-state index contributed by atoms with van der Waals surface area (Å²) in [6, 6.07) is 6.98. The summed E-state index contributed by atoms with van der Waals surface area (Å²) in [4.78, 5) is 41.6. The van der Waals surface area contributed by atoms with Gasteiger partial charge in [0, 0.05) is 42.2 Å². The van der Waals surface area contributed by atoms with Crippen molar-refractivity contribution in [1.29, 1.82) is 5.41 Å². The molecule has 3 rings (SSSR count). The average molecular weight is 507 g/mol. The Labute approximate surface area is 217 Å². The molecule has 1 aromatic rings. The molecule has 2 aliphatic rings. The SMILES string of the molecule is C=C/C(=C\C=C(/C)N1CCCCC1=O)N1CCC(C(=N)C(=O)OCC)=C(Nc2ccc(OC)cc2)C1=O. The van der Waals surface area contributed by atoms with Crippen LogP contribution < -0.4 is 10.1 Å². The molecule has 196 valence electrons. The van der Waals surface area contributed by atoms with Crippen LogP contribution in [0.15, 0.2) is 71.7 Å². The van der Waals surface area contributed by atoms with E-state index in [0.29, 0.717) is 30.1 Å². The summed E-state index contributed by atoms with van der Waals surface area (Å²) in [6.07, 6.45) is 7.80. The Balaban J connectivity index is 1.94. The van der Waals surface area contributed by atoms with Gasteiger partial charge in [-0.2, -0.15) is 0 Å². The average Bonchev–Trinajstić information content (AvgIpc) is 2.91. The number of nitrogens with zero attached hydrogens (tertiary/aromatic N) is 2. The molecular weight excluding hydrogens is 472 g/mol. The van der Waals surface area contributed by atoms with Gasteiger partial charge in [0.25, 0.3) is 5.91 Å². The monoisotopic (exact) mass is 506 g/mol. The molecule has 2 aliphatic heterocycles. The van der Waals surface area contributed by atoms with Crippen molar-refractivity contribution in [3.63, 3.8) is 0 Å². The fourth-order valence-electron chi connectivity index (χ4n) is 4.23. The predicted molar refractivity (Wildman–Crippen MR) is 142 cm³/mol. The number of hydrogen-bond acceptors (Lipinski definition) is 7. The number of hydrogen-bond donors (Lipinski definition) is 2. The molecule has 1 aromatic carbocycles. The minimum absolute atomic E-state index is 0.0960. The van der Waals surface area contributed by atoms with Crippen molar-refractivity contribution in [2.75, 3.05) is 32.1 Å². The van der Waals surface area contributed by atoms with Crippen LogP contribution in [-0.2, 0) is 19.1 Å². The Morgan fingerprint density at radius 2 is 1.84 bits per heavy atom. The van der Waals surface area contributed by atoms with Crippen LogP contribution in [0.3, 0.4) is 0 Å². The summed E-state index contributed by atoms with van der Waals surface area (Å²) < 4.78 is 10.2. The molecule has 2 amide bonds. The third kappa shape index (κ3) is 6.55. The van der Waals surface area contributed by atoms with Crippen molar-refractivity contribution in [3.8, 4) is 5.75 Å². The van der Waals surface area contributed by atoms with Gasteiger partial charge in [0.1, 0.15) is 17.2 Å². The molecule has 0 unspecified atom stereocenters. The van der Waals surface area contributed by atoms with Crippen molar-refractivity contribution in [1.82, 2.24) is 9.80 Å². The zero-order valence-corrected chi connectivity index (χ0v) is 21.6. The highest BCUT2D eigenvalue weighted by Gasteiger charge is 2.33. The number of rotatable bonds is 10. The van der Waals surface area contributed by atoms with Crippen molar-refractivity contribution in [2.45, 2.75) is 39.5 Å². The van der Waals surface area contributed by atoms with E-state index in [1.54, 1.807) is 60.3 Å². The van der Waals surface area contributed by atoms with Crippen LogP contribution in [0.25, 0.3) is 0 Å². The lowest BCUT2D eigenvalue weighted by molar-refractivity contribution is -0.135. The van der Waals surface area contributed by atoms with Gasteiger partial charge in [-0.15, -0.1) is 0 Å². The van der Waals surface area contributed by atoms with Crippen molar-refractivity contribution in [2.24, 2.45) is 0 Å². The van der Waals surface area contributed by atoms with Crippen LogP contribution in [0.2, 0.25) is 0 Å². The number of methoxy groups -OCH3 is 1. The molecule has 0 bridgehead atoms. The Kier molecular flexibility index (Phi) is 9.43. The van der Waals surface area contributed by atoms with Gasteiger partial charge in [-0.3, -0.25) is 15.0 Å². The lowest BCUT2D eigenvalue weighted by atomic mass is 9.98. The van der Waals surface area contributed by atoms with E-state index in [2.05, 4.69) is 11.9 Å². The highest BCUT2D eigenvalue weighted by Crippen LogP contribution is 2.27. The zero-order valence-electron chi connectivity index (χ0n) is 21.6. The van der Waals surface area contributed by atoms with Gasteiger partial charge in [-0.1, -0.05) is 6.58 Å². The predicted octanol–water partition coefficient (Wildman–Crippen LogP) is 4.16. The quantitative estimate of drug-likeness (QED) is 0.280. The summed E-state index contributed by atoms with van der Waals surface area (Å²) in [6.45, 7) is 8.46. The van der Waals surface area contributed by atoms with E-state index in [1.165, 1.54) is 0 Å². The number of piperidine rings is 1. The minimum Gasteiger partial charge on any atom is -0.497 e. The molecule has 2 heterocycles. The molecule has 0 spiro atoms. The number of anilines is 1. The smallest absolute Gasteiger partial charge is 0.356 e. The summed E-state index contributed by atoms with van der Waals surface area (Å²) in [7, 11) is 1.56. The van der Waals surface area contributed by atoms with Crippen LogP contribution >= 0.6 is 0 Å². The first-order chi connectivity index (χ1) is 17.8. The summed E-state index contributed by atoms with van der Waals surface area (Å²) in [5, 5.41) is 11.5. The molecule has 0 aliphatic carbocycles. The van der Waals surface area contributed by atoms with E-state index >= 15 is 0 Å². The first-order valence-corrected chi connectivity index (χ1v) is 12.3. The van der Waals surface area contributed by atoms with E-state index in [-0.39, 0.29) is 42.5 Å². The van der Waals surface area contributed by atoms with Crippen molar-refractivity contribution >= 4 is 29.2 Å². The van der Waals surface area contributed by atoms with Gasteiger partial charge in [-0.25, -0.2) is 4.79 Å². The summed E-state index contributed by atoms with van der Waals surface area (Å²) in [5.41, 5.74) is 1.99. The normalized spacial score (nSPS) is 17.1. The number of benzene rings is 1. The van der Waals surface area contributed by atoms with E-state index in [0.717, 1.165) is 18.5 Å². The largest absolute Gasteiger partial charge is 0.497 e. The second kappa shape index (κ2) is 12.7. The molecule has 37 heavy (non-hydrogen) atoms. The number of ether oxygens (including phenoxy) is 2. The van der Waals surface area contributed by atoms with Crippen LogP contribution in [0, 0.1) is 5.41 Å². The number of likely N-dealkylation sites (tertiary alicyclic amines) is 1.